The SMILES string of the molecule is C1CN2CCN1CN1CCN(CC1)CN1CCN(CC1)CN1CCN(CC1)C2. The van der Waals surface area contributed by atoms with E-state index in [2.05, 4.69) is 39.2 Å². The number of piperazine rings is 4. The van der Waals surface area contributed by atoms with E-state index >= 15 is 0 Å². The van der Waals surface area contributed by atoms with Crippen molar-refractivity contribution in [2.45, 2.75) is 0 Å². The Morgan fingerprint density at radius 1 is 0.179 bits per heavy atom. The second-order valence-electron chi connectivity index (χ2n) is 9.51. The predicted octanol–water partition coefficient (Wildman–Crippen LogP) is -1.70. The maximum Gasteiger partial charge on any atom is 0.0508 e. The molecule has 14 heterocycles. The van der Waals surface area contributed by atoms with Gasteiger partial charge in [0.1, 0.15) is 0 Å². The molecule has 8 heteroatoms. The lowest BCUT2D eigenvalue weighted by atomic mass is 10.2. The Hall–Kier alpha value is -0.320. The van der Waals surface area contributed by atoms with E-state index in [4.69, 9.17) is 0 Å². The molecule has 0 aromatic carbocycles. The maximum atomic E-state index is 2.68. The largest absolute Gasteiger partial charge is 0.288 e. The molecule has 0 radical (unpaired) electrons. The van der Waals surface area contributed by atoms with Crippen molar-refractivity contribution in [1.82, 2.24) is 39.2 Å². The van der Waals surface area contributed by atoms with Crippen LogP contribution < -0.4 is 0 Å². The van der Waals surface area contributed by atoms with Crippen LogP contribution in [0.25, 0.3) is 0 Å². The number of nitrogens with zero attached hydrogens (tertiary/aromatic N) is 8. The standard InChI is InChI=1S/C20H40N8/c1-2-22-4-3-21(1)17-23-5-7-25(8-6-23)19-27-13-15-28(16-14-27)20-26-11-9-24(18-22)10-12-26/h1-20H2. The molecule has 8 bridgehead atoms. The number of rotatable bonds is 0. The van der Waals surface area contributed by atoms with Crippen molar-refractivity contribution in [2.75, 3.05) is 131 Å². The summed E-state index contributed by atoms with van der Waals surface area (Å²) < 4.78 is 0. The van der Waals surface area contributed by atoms with Gasteiger partial charge in [-0.15, -0.1) is 0 Å². The van der Waals surface area contributed by atoms with Gasteiger partial charge in [-0.25, -0.2) is 0 Å². The number of hydrogen-bond acceptors (Lipinski definition) is 8. The topological polar surface area (TPSA) is 25.9 Å². The average Bonchev–Trinajstić information content (AvgIpc) is 2.73. The van der Waals surface area contributed by atoms with Crippen LogP contribution in [0.15, 0.2) is 0 Å². The van der Waals surface area contributed by atoms with Gasteiger partial charge in [0.15, 0.2) is 0 Å². The van der Waals surface area contributed by atoms with Crippen LogP contribution in [0.1, 0.15) is 0 Å². The zero-order valence-corrected chi connectivity index (χ0v) is 17.7. The molecule has 0 atom stereocenters. The highest BCUT2D eigenvalue weighted by atomic mass is 15.4. The maximum absolute atomic E-state index is 2.68. The van der Waals surface area contributed by atoms with Gasteiger partial charge >= 0.3 is 0 Å². The Bertz CT molecular complexity index is 345. The van der Waals surface area contributed by atoms with E-state index in [1.807, 2.05) is 0 Å². The van der Waals surface area contributed by atoms with Crippen LogP contribution in [0, 0.1) is 0 Å². The Labute approximate surface area is 171 Å². The van der Waals surface area contributed by atoms with E-state index in [0.717, 1.165) is 0 Å². The lowest BCUT2D eigenvalue weighted by molar-refractivity contribution is -0.0136. The van der Waals surface area contributed by atoms with E-state index in [1.165, 1.54) is 131 Å². The third-order valence-corrected chi connectivity index (χ3v) is 7.46. The van der Waals surface area contributed by atoms with Crippen molar-refractivity contribution in [1.29, 1.82) is 0 Å². The van der Waals surface area contributed by atoms with Gasteiger partial charge in [0.25, 0.3) is 0 Å². The lowest BCUT2D eigenvalue weighted by Crippen LogP contribution is -2.59. The molecule has 14 aliphatic rings. The normalized spacial score (nSPS) is 48.0. The van der Waals surface area contributed by atoms with Crippen LogP contribution >= 0.6 is 0 Å². The molecule has 0 saturated carbocycles. The van der Waals surface area contributed by atoms with Gasteiger partial charge < -0.3 is 0 Å². The summed E-state index contributed by atoms with van der Waals surface area (Å²) in [5.74, 6) is 0. The fourth-order valence-corrected chi connectivity index (χ4v) is 5.42. The molecular weight excluding hydrogens is 352 g/mol. The van der Waals surface area contributed by atoms with Gasteiger partial charge in [-0.05, 0) is 0 Å². The first kappa shape index (κ1) is 19.6. The summed E-state index contributed by atoms with van der Waals surface area (Å²) in [4.78, 5) is 21.5. The van der Waals surface area contributed by atoms with E-state index in [9.17, 15) is 0 Å². The molecule has 0 aromatic heterocycles. The minimum absolute atomic E-state index is 1.18. The molecule has 14 rings (SSSR count). The van der Waals surface area contributed by atoms with Gasteiger partial charge in [0.05, 0.1) is 26.7 Å². The summed E-state index contributed by atoms with van der Waals surface area (Å²) >= 11 is 0. The van der Waals surface area contributed by atoms with E-state index in [-0.39, 0.29) is 0 Å². The summed E-state index contributed by atoms with van der Waals surface area (Å²) in [5.41, 5.74) is 0. The third-order valence-electron chi connectivity index (χ3n) is 7.46. The quantitative estimate of drug-likeness (QED) is 0.481. The van der Waals surface area contributed by atoms with E-state index < -0.39 is 0 Å². The summed E-state index contributed by atoms with van der Waals surface area (Å²) in [6, 6.07) is 0. The fourth-order valence-electron chi connectivity index (χ4n) is 5.42. The van der Waals surface area contributed by atoms with Crippen LogP contribution in [-0.2, 0) is 0 Å². The fraction of sp³-hybridized carbons (Fsp3) is 1.00. The van der Waals surface area contributed by atoms with E-state index in [1.54, 1.807) is 0 Å². The molecule has 8 nitrogen and oxygen atoms in total. The molecule has 0 amide bonds. The first-order chi connectivity index (χ1) is 13.8. The lowest BCUT2D eigenvalue weighted by Gasteiger charge is -2.45. The van der Waals surface area contributed by atoms with Crippen molar-refractivity contribution in [3.05, 3.63) is 0 Å². The predicted molar refractivity (Wildman–Crippen MR) is 112 cm³/mol. The molecule has 28 heavy (non-hydrogen) atoms. The van der Waals surface area contributed by atoms with Gasteiger partial charge in [-0.1, -0.05) is 0 Å². The minimum Gasteiger partial charge on any atom is -0.288 e. The first-order valence-electron chi connectivity index (χ1n) is 11.6. The van der Waals surface area contributed by atoms with Gasteiger partial charge in [-0.3, -0.25) is 39.2 Å². The zero-order chi connectivity index (χ0) is 18.8. The zero-order valence-electron chi connectivity index (χ0n) is 17.7. The third kappa shape index (κ3) is 5.05. The summed E-state index contributed by atoms with van der Waals surface area (Å²) in [7, 11) is 0. The Morgan fingerprint density at radius 3 is 0.393 bits per heavy atom. The molecular formula is C20H40N8. The van der Waals surface area contributed by atoms with Gasteiger partial charge in [0, 0.05) is 105 Å². The van der Waals surface area contributed by atoms with Crippen molar-refractivity contribution < 1.29 is 0 Å². The second kappa shape index (κ2) is 9.22. The van der Waals surface area contributed by atoms with Crippen LogP contribution in [-0.4, -0.2) is 171 Å². The van der Waals surface area contributed by atoms with Gasteiger partial charge in [-0.2, -0.15) is 0 Å². The Kier molecular flexibility index (Phi) is 6.47. The monoisotopic (exact) mass is 392 g/mol. The van der Waals surface area contributed by atoms with Crippen LogP contribution in [0.4, 0.5) is 0 Å². The van der Waals surface area contributed by atoms with Crippen LogP contribution in [0.5, 0.6) is 0 Å². The summed E-state index contributed by atoms with van der Waals surface area (Å²) in [6.07, 6.45) is 0. The highest BCUT2D eigenvalue weighted by molar-refractivity contribution is 4.80. The molecule has 0 unspecified atom stereocenters. The summed E-state index contributed by atoms with van der Waals surface area (Å²) in [6.45, 7) is 24.5. The molecule has 14 fully saturated rings. The average molecular weight is 393 g/mol. The van der Waals surface area contributed by atoms with Crippen LogP contribution in [0.3, 0.4) is 0 Å². The van der Waals surface area contributed by atoms with Crippen molar-refractivity contribution in [3.63, 3.8) is 0 Å². The molecule has 14 aliphatic heterocycles. The summed E-state index contributed by atoms with van der Waals surface area (Å²) in [5, 5.41) is 0. The Morgan fingerprint density at radius 2 is 0.286 bits per heavy atom. The molecule has 0 aliphatic carbocycles. The number of hydrogen-bond donors (Lipinski definition) is 0. The van der Waals surface area contributed by atoms with E-state index in [0.29, 0.717) is 0 Å². The van der Waals surface area contributed by atoms with Crippen molar-refractivity contribution in [3.8, 4) is 0 Å². The highest BCUT2D eigenvalue weighted by Crippen LogP contribution is 2.12. The molecule has 0 N–H and O–H groups in total. The second-order valence-corrected chi connectivity index (χ2v) is 9.51. The van der Waals surface area contributed by atoms with Gasteiger partial charge in [0.2, 0.25) is 0 Å². The first-order valence-corrected chi connectivity index (χ1v) is 11.6. The highest BCUT2D eigenvalue weighted by Gasteiger charge is 2.27. The van der Waals surface area contributed by atoms with Crippen LogP contribution in [0.2, 0.25) is 0 Å². The minimum atomic E-state index is 1.18. The van der Waals surface area contributed by atoms with Crippen molar-refractivity contribution in [2.24, 2.45) is 0 Å². The molecule has 0 spiro atoms. The molecule has 0 aromatic rings. The van der Waals surface area contributed by atoms with Crippen molar-refractivity contribution >= 4 is 0 Å². The smallest absolute Gasteiger partial charge is 0.0508 e. The molecule has 160 valence electrons. The Balaban J connectivity index is 1.20. The molecule has 14 saturated heterocycles.